The maximum absolute atomic E-state index is 12.4. The number of sulfonamides is 1. The second-order valence-electron chi connectivity index (χ2n) is 5.50. The molecule has 0 unspecified atom stereocenters. The molecular weight excluding hydrogens is 274 g/mol. The van der Waals surface area contributed by atoms with E-state index >= 15 is 0 Å². The van der Waals surface area contributed by atoms with Gasteiger partial charge in [0.05, 0.1) is 18.0 Å². The van der Waals surface area contributed by atoms with Gasteiger partial charge in [0.2, 0.25) is 10.0 Å². The number of hydrogen-bond donors (Lipinski definition) is 1. The lowest BCUT2D eigenvalue weighted by atomic mass is 10.0. The summed E-state index contributed by atoms with van der Waals surface area (Å²) in [5.74, 6) is 0.519. The Morgan fingerprint density at radius 2 is 2.05 bits per heavy atom. The number of rotatable bonds is 5. The van der Waals surface area contributed by atoms with Gasteiger partial charge in [-0.3, -0.25) is 4.98 Å². The third-order valence-corrected chi connectivity index (χ3v) is 5.68. The van der Waals surface area contributed by atoms with E-state index in [1.807, 2.05) is 25.1 Å². The largest absolute Gasteiger partial charge is 0.317 e. The smallest absolute Gasteiger partial charge is 0.214 e. The van der Waals surface area contributed by atoms with Crippen LogP contribution >= 0.6 is 0 Å². The molecule has 112 valence electrons. The summed E-state index contributed by atoms with van der Waals surface area (Å²) in [7, 11) is -1.57. The van der Waals surface area contributed by atoms with Crippen LogP contribution in [0.3, 0.4) is 0 Å². The molecule has 20 heavy (non-hydrogen) atoms. The van der Waals surface area contributed by atoms with Crippen LogP contribution < -0.4 is 5.32 Å². The molecule has 0 atom stereocenters. The van der Waals surface area contributed by atoms with Crippen molar-refractivity contribution in [3.8, 4) is 0 Å². The molecule has 1 aromatic heterocycles. The molecule has 0 saturated carbocycles. The van der Waals surface area contributed by atoms with Crippen LogP contribution in [0.1, 0.15) is 24.2 Å². The Kier molecular flexibility index (Phi) is 5.12. The number of piperidine rings is 1. The van der Waals surface area contributed by atoms with Crippen molar-refractivity contribution in [1.29, 1.82) is 0 Å². The highest BCUT2D eigenvalue weighted by Crippen LogP contribution is 2.17. The Morgan fingerprint density at radius 3 is 2.70 bits per heavy atom. The van der Waals surface area contributed by atoms with Gasteiger partial charge in [0.25, 0.3) is 0 Å². The molecule has 1 aliphatic rings. The molecule has 0 bridgehead atoms. The number of pyridine rings is 1. The second-order valence-corrected chi connectivity index (χ2v) is 7.62. The molecule has 0 amide bonds. The molecular formula is C14H23N3O2S. The first kappa shape index (κ1) is 15.4. The van der Waals surface area contributed by atoms with Crippen molar-refractivity contribution >= 4 is 10.0 Å². The van der Waals surface area contributed by atoms with Crippen LogP contribution in [-0.4, -0.2) is 43.6 Å². The van der Waals surface area contributed by atoms with Gasteiger partial charge in [-0.15, -0.1) is 0 Å². The van der Waals surface area contributed by atoms with Crippen LogP contribution in [0.15, 0.2) is 18.2 Å². The van der Waals surface area contributed by atoms with Gasteiger partial charge in [-0.2, -0.15) is 4.31 Å². The zero-order chi connectivity index (χ0) is 14.6. The summed E-state index contributed by atoms with van der Waals surface area (Å²) >= 11 is 0. The topological polar surface area (TPSA) is 62.3 Å². The summed E-state index contributed by atoms with van der Waals surface area (Å²) in [6, 6.07) is 5.68. The summed E-state index contributed by atoms with van der Waals surface area (Å²) in [6.07, 6.45) is 1.88. The number of aromatic nitrogens is 1. The average molecular weight is 297 g/mol. The lowest BCUT2D eigenvalue weighted by Gasteiger charge is -2.25. The predicted octanol–water partition coefficient (Wildman–Crippen LogP) is 1.15. The molecule has 1 saturated heterocycles. The van der Waals surface area contributed by atoms with Crippen molar-refractivity contribution in [3.63, 3.8) is 0 Å². The normalized spacial score (nSPS) is 17.6. The van der Waals surface area contributed by atoms with Gasteiger partial charge in [-0.25, -0.2) is 8.42 Å². The van der Waals surface area contributed by atoms with Gasteiger partial charge < -0.3 is 5.32 Å². The third-order valence-electron chi connectivity index (χ3n) is 3.71. The first-order valence-electron chi connectivity index (χ1n) is 7.04. The molecule has 1 fully saturated rings. The molecule has 5 nitrogen and oxygen atoms in total. The molecule has 0 aromatic carbocycles. The van der Waals surface area contributed by atoms with Crippen molar-refractivity contribution in [1.82, 2.24) is 14.6 Å². The van der Waals surface area contributed by atoms with E-state index < -0.39 is 10.0 Å². The molecule has 0 spiro atoms. The minimum atomic E-state index is -3.21. The van der Waals surface area contributed by atoms with E-state index in [9.17, 15) is 8.42 Å². The van der Waals surface area contributed by atoms with Gasteiger partial charge in [-0.05, 0) is 50.9 Å². The lowest BCUT2D eigenvalue weighted by molar-refractivity contribution is 0.388. The summed E-state index contributed by atoms with van der Waals surface area (Å²) in [5.41, 5.74) is 1.70. The fourth-order valence-corrected chi connectivity index (χ4v) is 4.00. The van der Waals surface area contributed by atoms with Gasteiger partial charge >= 0.3 is 0 Å². The van der Waals surface area contributed by atoms with Crippen molar-refractivity contribution in [2.75, 3.05) is 25.9 Å². The third kappa shape index (κ3) is 4.26. The van der Waals surface area contributed by atoms with E-state index in [1.54, 1.807) is 7.05 Å². The van der Waals surface area contributed by atoms with Crippen molar-refractivity contribution in [2.24, 2.45) is 5.92 Å². The Labute approximate surface area is 121 Å². The maximum Gasteiger partial charge on any atom is 0.214 e. The van der Waals surface area contributed by atoms with Crippen LogP contribution in [0.4, 0.5) is 0 Å². The van der Waals surface area contributed by atoms with E-state index in [0.717, 1.165) is 37.3 Å². The van der Waals surface area contributed by atoms with Gasteiger partial charge in [0.1, 0.15) is 0 Å². The molecule has 0 radical (unpaired) electrons. The van der Waals surface area contributed by atoms with E-state index in [1.165, 1.54) is 4.31 Å². The fraction of sp³-hybridized carbons (Fsp3) is 0.643. The van der Waals surface area contributed by atoms with Crippen LogP contribution in [0, 0.1) is 12.8 Å². The van der Waals surface area contributed by atoms with Gasteiger partial charge in [0, 0.05) is 12.7 Å². The van der Waals surface area contributed by atoms with Crippen LogP contribution in [0.25, 0.3) is 0 Å². The lowest BCUT2D eigenvalue weighted by Crippen LogP contribution is -2.36. The summed E-state index contributed by atoms with van der Waals surface area (Å²) in [6.45, 7) is 4.09. The maximum atomic E-state index is 12.4. The zero-order valence-electron chi connectivity index (χ0n) is 12.2. The van der Waals surface area contributed by atoms with Crippen molar-refractivity contribution < 1.29 is 8.42 Å². The number of nitrogens with one attached hydrogen (secondary N) is 1. The van der Waals surface area contributed by atoms with Crippen molar-refractivity contribution in [3.05, 3.63) is 29.6 Å². The summed E-state index contributed by atoms with van der Waals surface area (Å²) in [5, 5.41) is 3.26. The highest BCUT2D eigenvalue weighted by atomic mass is 32.2. The molecule has 2 rings (SSSR count). The Bertz CT molecular complexity index is 539. The number of hydrogen-bond acceptors (Lipinski definition) is 4. The molecule has 0 aliphatic carbocycles. The molecule has 1 aromatic rings. The van der Waals surface area contributed by atoms with Crippen molar-refractivity contribution in [2.45, 2.75) is 26.3 Å². The van der Waals surface area contributed by atoms with Crippen LogP contribution in [0.5, 0.6) is 0 Å². The number of aryl methyl sites for hydroxylation is 1. The Morgan fingerprint density at radius 1 is 1.35 bits per heavy atom. The van der Waals surface area contributed by atoms with Gasteiger partial charge in [0.15, 0.2) is 0 Å². The van der Waals surface area contributed by atoms with E-state index in [4.69, 9.17) is 0 Å². The standard InChI is InChI=1S/C14H23N3O2S/c1-12-4-3-5-14(16-12)10-17(2)20(18,19)11-13-6-8-15-9-7-13/h3-5,13,15H,6-11H2,1-2H3. The van der Waals surface area contributed by atoms with E-state index in [2.05, 4.69) is 10.3 Å². The van der Waals surface area contributed by atoms with Crippen LogP contribution in [-0.2, 0) is 16.6 Å². The van der Waals surface area contributed by atoms with Gasteiger partial charge in [-0.1, -0.05) is 6.07 Å². The number of nitrogens with zero attached hydrogens (tertiary/aromatic N) is 2. The average Bonchev–Trinajstić information content (AvgIpc) is 2.39. The summed E-state index contributed by atoms with van der Waals surface area (Å²) in [4.78, 5) is 4.36. The zero-order valence-corrected chi connectivity index (χ0v) is 13.0. The minimum absolute atomic E-state index is 0.247. The second kappa shape index (κ2) is 6.65. The minimum Gasteiger partial charge on any atom is -0.317 e. The van der Waals surface area contributed by atoms with E-state index in [-0.39, 0.29) is 11.7 Å². The van der Waals surface area contributed by atoms with E-state index in [0.29, 0.717) is 6.54 Å². The van der Waals surface area contributed by atoms with Crippen LogP contribution in [0.2, 0.25) is 0 Å². The Balaban J connectivity index is 1.97. The first-order chi connectivity index (χ1) is 9.47. The predicted molar refractivity (Wildman–Crippen MR) is 79.8 cm³/mol. The quantitative estimate of drug-likeness (QED) is 0.885. The molecule has 2 heterocycles. The molecule has 6 heteroatoms. The fourth-order valence-electron chi connectivity index (χ4n) is 2.49. The summed E-state index contributed by atoms with van der Waals surface area (Å²) < 4.78 is 26.2. The monoisotopic (exact) mass is 297 g/mol. The Hall–Kier alpha value is -0.980. The molecule has 1 aliphatic heterocycles. The molecule has 1 N–H and O–H groups in total. The highest BCUT2D eigenvalue weighted by molar-refractivity contribution is 7.89. The highest BCUT2D eigenvalue weighted by Gasteiger charge is 2.25. The SMILES string of the molecule is Cc1cccc(CN(C)S(=O)(=O)CC2CCNCC2)n1. The first-order valence-corrected chi connectivity index (χ1v) is 8.65.